The molecule has 0 bridgehead atoms. The van der Waals surface area contributed by atoms with Crippen molar-refractivity contribution in [2.45, 2.75) is 11.8 Å². The molecule has 0 aliphatic carbocycles. The van der Waals surface area contributed by atoms with Crippen molar-refractivity contribution in [2.75, 3.05) is 4.72 Å². The summed E-state index contributed by atoms with van der Waals surface area (Å²) >= 11 is 5.68. The maximum absolute atomic E-state index is 12.1. The lowest BCUT2D eigenvalue weighted by molar-refractivity contribution is 0.601. The topological polar surface area (TPSA) is 59.1 Å². The molecule has 94 valence electrons. The number of halogens is 1. The molecule has 6 heteroatoms. The standard InChI is InChI=1S/C12H11ClN2O2S/c1-9-3-2-4-11(7-9)18(16,17)15-12-6-5-10(13)8-14-12/h2-8H,1H3,(H,14,15). The maximum Gasteiger partial charge on any atom is 0.263 e. The third-order valence-corrected chi connectivity index (χ3v) is 3.84. The van der Waals surface area contributed by atoms with E-state index in [1.54, 1.807) is 18.2 Å². The van der Waals surface area contributed by atoms with Crippen LogP contribution in [0.2, 0.25) is 5.02 Å². The van der Waals surface area contributed by atoms with Crippen molar-refractivity contribution in [3.8, 4) is 0 Å². The third-order valence-electron chi connectivity index (χ3n) is 2.27. The molecular weight excluding hydrogens is 272 g/mol. The fraction of sp³-hybridized carbons (Fsp3) is 0.0833. The number of nitrogens with one attached hydrogen (secondary N) is 1. The predicted octanol–water partition coefficient (Wildman–Crippen LogP) is 2.84. The third kappa shape index (κ3) is 3.00. The van der Waals surface area contributed by atoms with Gasteiger partial charge in [0, 0.05) is 6.20 Å². The highest BCUT2D eigenvalue weighted by atomic mass is 35.5. The molecule has 2 rings (SSSR count). The van der Waals surface area contributed by atoms with Crippen LogP contribution in [0.3, 0.4) is 0 Å². The fourth-order valence-corrected chi connectivity index (χ4v) is 2.64. The van der Waals surface area contributed by atoms with E-state index in [1.807, 2.05) is 13.0 Å². The van der Waals surface area contributed by atoms with Crippen LogP contribution in [0.15, 0.2) is 47.5 Å². The number of sulfonamides is 1. The minimum atomic E-state index is -3.60. The van der Waals surface area contributed by atoms with E-state index in [0.717, 1.165) is 5.56 Å². The average molecular weight is 283 g/mol. The van der Waals surface area contributed by atoms with Gasteiger partial charge in [-0.05, 0) is 36.8 Å². The minimum absolute atomic E-state index is 0.208. The average Bonchev–Trinajstić information content (AvgIpc) is 2.32. The van der Waals surface area contributed by atoms with E-state index in [-0.39, 0.29) is 10.7 Å². The van der Waals surface area contributed by atoms with Gasteiger partial charge in [-0.1, -0.05) is 23.7 Å². The molecule has 0 spiro atoms. The Balaban J connectivity index is 2.30. The summed E-state index contributed by atoms with van der Waals surface area (Å²) in [4.78, 5) is 4.10. The molecule has 18 heavy (non-hydrogen) atoms. The van der Waals surface area contributed by atoms with Gasteiger partial charge < -0.3 is 0 Å². The summed E-state index contributed by atoms with van der Waals surface area (Å²) in [5.41, 5.74) is 0.877. The van der Waals surface area contributed by atoms with E-state index in [1.165, 1.54) is 18.3 Å². The molecule has 0 atom stereocenters. The van der Waals surface area contributed by atoms with Gasteiger partial charge in [0.1, 0.15) is 5.82 Å². The molecule has 0 radical (unpaired) electrons. The smallest absolute Gasteiger partial charge is 0.263 e. The zero-order valence-corrected chi connectivity index (χ0v) is 11.2. The summed E-state index contributed by atoms with van der Waals surface area (Å²) in [5, 5.41) is 0.452. The number of anilines is 1. The zero-order chi connectivity index (χ0) is 13.2. The predicted molar refractivity (Wildman–Crippen MR) is 71.2 cm³/mol. The van der Waals surface area contributed by atoms with Gasteiger partial charge >= 0.3 is 0 Å². The number of benzene rings is 1. The molecule has 0 amide bonds. The Bertz CT molecular complexity index is 654. The summed E-state index contributed by atoms with van der Waals surface area (Å²) < 4.78 is 26.5. The van der Waals surface area contributed by atoms with E-state index >= 15 is 0 Å². The number of hydrogen-bond donors (Lipinski definition) is 1. The molecule has 1 aromatic heterocycles. The fourth-order valence-electron chi connectivity index (χ4n) is 1.42. The van der Waals surface area contributed by atoms with Gasteiger partial charge in [0.15, 0.2) is 0 Å². The highest BCUT2D eigenvalue weighted by Gasteiger charge is 2.14. The van der Waals surface area contributed by atoms with Crippen molar-refractivity contribution in [3.63, 3.8) is 0 Å². The number of hydrogen-bond acceptors (Lipinski definition) is 3. The zero-order valence-electron chi connectivity index (χ0n) is 9.59. The molecule has 0 aliphatic rings. The van der Waals surface area contributed by atoms with E-state index in [2.05, 4.69) is 9.71 Å². The van der Waals surface area contributed by atoms with Crippen molar-refractivity contribution >= 4 is 27.4 Å². The van der Waals surface area contributed by atoms with Gasteiger partial charge in [-0.15, -0.1) is 0 Å². The van der Waals surface area contributed by atoms with Crippen molar-refractivity contribution < 1.29 is 8.42 Å². The monoisotopic (exact) mass is 282 g/mol. The van der Waals surface area contributed by atoms with Crippen LogP contribution < -0.4 is 4.72 Å². The molecule has 2 aromatic rings. The van der Waals surface area contributed by atoms with Crippen LogP contribution in [-0.4, -0.2) is 13.4 Å². The first kappa shape index (κ1) is 12.9. The quantitative estimate of drug-likeness (QED) is 0.942. The maximum atomic E-state index is 12.1. The first-order valence-corrected chi connectivity index (χ1v) is 7.04. The van der Waals surface area contributed by atoms with Crippen LogP contribution in [0.4, 0.5) is 5.82 Å². The van der Waals surface area contributed by atoms with Crippen molar-refractivity contribution in [2.24, 2.45) is 0 Å². The van der Waals surface area contributed by atoms with Crippen LogP contribution in [0.25, 0.3) is 0 Å². The van der Waals surface area contributed by atoms with E-state index in [9.17, 15) is 8.42 Å². The second kappa shape index (κ2) is 4.96. The van der Waals surface area contributed by atoms with Crippen LogP contribution >= 0.6 is 11.6 Å². The van der Waals surface area contributed by atoms with E-state index in [0.29, 0.717) is 5.02 Å². The van der Waals surface area contributed by atoms with Gasteiger partial charge in [-0.25, -0.2) is 13.4 Å². The molecule has 0 saturated heterocycles. The second-order valence-electron chi connectivity index (χ2n) is 3.78. The van der Waals surface area contributed by atoms with E-state index in [4.69, 9.17) is 11.6 Å². The van der Waals surface area contributed by atoms with Crippen LogP contribution in [0.5, 0.6) is 0 Å². The van der Waals surface area contributed by atoms with Crippen molar-refractivity contribution in [1.82, 2.24) is 4.98 Å². The normalized spacial score (nSPS) is 11.2. The van der Waals surface area contributed by atoms with Gasteiger partial charge in [0.25, 0.3) is 10.0 Å². The number of aromatic nitrogens is 1. The lowest BCUT2D eigenvalue weighted by atomic mass is 10.2. The summed E-state index contributed by atoms with van der Waals surface area (Å²) in [6.07, 6.45) is 1.38. The van der Waals surface area contributed by atoms with Crippen LogP contribution in [-0.2, 0) is 10.0 Å². The lowest BCUT2D eigenvalue weighted by Crippen LogP contribution is -2.13. The van der Waals surface area contributed by atoms with Gasteiger partial charge in [0.05, 0.1) is 9.92 Å². The first-order valence-electron chi connectivity index (χ1n) is 5.18. The van der Waals surface area contributed by atoms with Crippen LogP contribution in [0.1, 0.15) is 5.56 Å². The Kier molecular flexibility index (Phi) is 3.54. The summed E-state index contributed by atoms with van der Waals surface area (Å²) in [5.74, 6) is 0.237. The van der Waals surface area contributed by atoms with Crippen molar-refractivity contribution in [3.05, 3.63) is 53.2 Å². The van der Waals surface area contributed by atoms with Gasteiger partial charge in [0.2, 0.25) is 0 Å². The molecule has 4 nitrogen and oxygen atoms in total. The lowest BCUT2D eigenvalue weighted by Gasteiger charge is -2.07. The van der Waals surface area contributed by atoms with Crippen LogP contribution in [0, 0.1) is 6.92 Å². The number of rotatable bonds is 3. The molecule has 0 saturated carbocycles. The Morgan fingerprint density at radius 3 is 2.61 bits per heavy atom. The molecular formula is C12H11ClN2O2S. The summed E-state index contributed by atoms with van der Waals surface area (Å²) in [6.45, 7) is 1.83. The van der Waals surface area contributed by atoms with Crippen molar-refractivity contribution in [1.29, 1.82) is 0 Å². The molecule has 0 fully saturated rings. The molecule has 1 heterocycles. The Labute approximate surface area is 111 Å². The molecule has 1 N–H and O–H groups in total. The Morgan fingerprint density at radius 1 is 1.22 bits per heavy atom. The SMILES string of the molecule is Cc1cccc(S(=O)(=O)Nc2ccc(Cl)cn2)c1. The highest BCUT2D eigenvalue weighted by Crippen LogP contribution is 2.16. The minimum Gasteiger partial charge on any atom is -0.263 e. The summed E-state index contributed by atoms with van der Waals surface area (Å²) in [6, 6.07) is 9.74. The number of aryl methyl sites for hydroxylation is 1. The second-order valence-corrected chi connectivity index (χ2v) is 5.90. The molecule has 0 aliphatic heterocycles. The largest absolute Gasteiger partial charge is 0.263 e. The molecule has 0 unspecified atom stereocenters. The molecule has 1 aromatic carbocycles. The number of pyridine rings is 1. The first-order chi connectivity index (χ1) is 8.47. The Morgan fingerprint density at radius 2 is 2.00 bits per heavy atom. The van der Waals surface area contributed by atoms with Gasteiger partial charge in [-0.3, -0.25) is 4.72 Å². The number of nitrogens with zero attached hydrogens (tertiary/aromatic N) is 1. The highest BCUT2D eigenvalue weighted by molar-refractivity contribution is 7.92. The Hall–Kier alpha value is -1.59. The van der Waals surface area contributed by atoms with Gasteiger partial charge in [-0.2, -0.15) is 0 Å². The van der Waals surface area contributed by atoms with E-state index < -0.39 is 10.0 Å². The summed E-state index contributed by atoms with van der Waals surface area (Å²) in [7, 11) is -3.60.